The number of carbonyl (C=O) groups is 1. The zero-order valence-electron chi connectivity index (χ0n) is 11.5. The molecule has 5 nitrogen and oxygen atoms in total. The predicted molar refractivity (Wildman–Crippen MR) is 89.2 cm³/mol. The summed E-state index contributed by atoms with van der Waals surface area (Å²) >= 11 is 9.37. The molecule has 0 heterocycles. The molecule has 0 saturated heterocycles. The minimum absolute atomic E-state index is 0.406. The van der Waals surface area contributed by atoms with E-state index < -0.39 is 12.6 Å². The molecule has 2 rings (SSSR count). The van der Waals surface area contributed by atoms with Gasteiger partial charge >= 0.3 is 5.97 Å². The summed E-state index contributed by atoms with van der Waals surface area (Å²) < 4.78 is 5.92. The van der Waals surface area contributed by atoms with Gasteiger partial charge in [-0.05, 0) is 40.2 Å². The molecule has 0 spiro atoms. The van der Waals surface area contributed by atoms with Crippen molar-refractivity contribution < 1.29 is 14.6 Å². The number of rotatable bonds is 7. The zero-order valence-corrected chi connectivity index (χ0v) is 13.8. The second-order valence-electron chi connectivity index (χ2n) is 4.40. The summed E-state index contributed by atoms with van der Waals surface area (Å²) in [5.41, 5.74) is 7.74. The van der Waals surface area contributed by atoms with Gasteiger partial charge in [0.05, 0.1) is 4.47 Å². The maximum Gasteiger partial charge on any atom is 0.341 e. The van der Waals surface area contributed by atoms with Gasteiger partial charge in [-0.15, -0.1) is 0 Å². The molecule has 0 aliphatic carbocycles. The summed E-state index contributed by atoms with van der Waals surface area (Å²) in [6, 6.07) is 13.0. The number of hydrazine groups is 1. The summed E-state index contributed by atoms with van der Waals surface area (Å²) in [6.45, 7) is -0.0116. The first-order valence-electron chi connectivity index (χ1n) is 6.42. The van der Waals surface area contributed by atoms with Crippen LogP contribution in [0.15, 0.2) is 46.9 Å². The molecule has 0 aromatic heterocycles. The maximum absolute atomic E-state index is 10.7. The smallest absolute Gasteiger partial charge is 0.341 e. The molecule has 0 aliphatic heterocycles. The van der Waals surface area contributed by atoms with Gasteiger partial charge < -0.3 is 15.3 Å². The first kappa shape index (κ1) is 16.6. The molecule has 116 valence electrons. The van der Waals surface area contributed by atoms with Crippen LogP contribution in [0, 0.1) is 0 Å². The van der Waals surface area contributed by atoms with Crippen LogP contribution in [-0.4, -0.2) is 17.7 Å². The summed E-state index contributed by atoms with van der Waals surface area (Å²) in [5, 5.41) is 9.27. The lowest BCUT2D eigenvalue weighted by atomic mass is 10.2. The second-order valence-corrected chi connectivity index (χ2v) is 5.69. The van der Waals surface area contributed by atoms with Gasteiger partial charge in [0.1, 0.15) is 5.75 Å². The van der Waals surface area contributed by atoms with Gasteiger partial charge in [0.2, 0.25) is 0 Å². The molecule has 0 aliphatic rings. The lowest BCUT2D eigenvalue weighted by Gasteiger charge is -2.14. The monoisotopic (exact) mass is 384 g/mol. The van der Waals surface area contributed by atoms with Crippen molar-refractivity contribution in [3.8, 4) is 5.75 Å². The highest BCUT2D eigenvalue weighted by molar-refractivity contribution is 9.10. The number of hydrogen-bond donors (Lipinski definition) is 3. The molecule has 2 aromatic carbocycles. The van der Waals surface area contributed by atoms with Gasteiger partial charge in [-0.2, -0.15) is 0 Å². The summed E-state index contributed by atoms with van der Waals surface area (Å²) in [7, 11) is 0. The van der Waals surface area contributed by atoms with Crippen LogP contribution in [0.5, 0.6) is 5.75 Å². The average molecular weight is 386 g/mol. The first-order chi connectivity index (χ1) is 10.6. The molecule has 2 aromatic rings. The van der Waals surface area contributed by atoms with Crippen LogP contribution >= 0.6 is 27.5 Å². The number of para-hydroxylation sites is 1. The highest BCUT2D eigenvalue weighted by Crippen LogP contribution is 2.32. The van der Waals surface area contributed by atoms with Crippen molar-refractivity contribution >= 4 is 39.2 Å². The molecule has 0 radical (unpaired) electrons. The van der Waals surface area contributed by atoms with Crippen molar-refractivity contribution in [2.75, 3.05) is 12.0 Å². The summed E-state index contributed by atoms with van der Waals surface area (Å²) in [6.07, 6.45) is 0. The van der Waals surface area contributed by atoms with E-state index in [1.807, 2.05) is 30.3 Å². The third-order valence-electron chi connectivity index (χ3n) is 2.71. The Bertz CT molecular complexity index is 653. The zero-order chi connectivity index (χ0) is 15.9. The summed E-state index contributed by atoms with van der Waals surface area (Å²) in [5.74, 6) is -0.586. The molecule has 3 N–H and O–H groups in total. The molecule has 0 unspecified atom stereocenters. The number of benzene rings is 2. The Balaban J connectivity index is 2.06. The number of ether oxygens (including phenoxy) is 1. The SMILES string of the molecule is O=C(O)COc1c(Br)cc(Cl)cc1CNNc1ccccc1. The van der Waals surface area contributed by atoms with Crippen LogP contribution in [0.3, 0.4) is 0 Å². The largest absolute Gasteiger partial charge is 0.480 e. The van der Waals surface area contributed by atoms with Crippen molar-refractivity contribution in [3.05, 3.63) is 57.5 Å². The fourth-order valence-electron chi connectivity index (χ4n) is 1.80. The lowest BCUT2D eigenvalue weighted by Crippen LogP contribution is -2.21. The molecule has 0 saturated carbocycles. The van der Waals surface area contributed by atoms with Crippen molar-refractivity contribution in [1.29, 1.82) is 0 Å². The fraction of sp³-hybridized carbons (Fsp3) is 0.133. The van der Waals surface area contributed by atoms with Crippen molar-refractivity contribution in [2.24, 2.45) is 0 Å². The standard InChI is InChI=1S/C15H14BrClN2O3/c16-13-7-11(17)6-10(15(13)22-9-14(20)21)8-18-19-12-4-2-1-3-5-12/h1-7,18-19H,8-9H2,(H,20,21). The number of carboxylic acids is 1. The highest BCUT2D eigenvalue weighted by Gasteiger charge is 2.12. The van der Waals surface area contributed by atoms with Crippen LogP contribution < -0.4 is 15.6 Å². The van der Waals surface area contributed by atoms with Gasteiger partial charge in [-0.3, -0.25) is 0 Å². The Hall–Kier alpha value is -1.76. The fourth-order valence-corrected chi connectivity index (χ4v) is 2.79. The van der Waals surface area contributed by atoms with Crippen LogP contribution in [0.1, 0.15) is 5.56 Å². The average Bonchev–Trinajstić information content (AvgIpc) is 2.47. The third kappa shape index (κ3) is 4.91. The van der Waals surface area contributed by atoms with E-state index in [0.717, 1.165) is 11.3 Å². The van der Waals surface area contributed by atoms with Gasteiger partial charge in [0.15, 0.2) is 6.61 Å². The Morgan fingerprint density at radius 2 is 2.00 bits per heavy atom. The van der Waals surface area contributed by atoms with E-state index in [1.54, 1.807) is 12.1 Å². The van der Waals surface area contributed by atoms with E-state index in [0.29, 0.717) is 21.8 Å². The Morgan fingerprint density at radius 3 is 2.68 bits per heavy atom. The lowest BCUT2D eigenvalue weighted by molar-refractivity contribution is -0.139. The Morgan fingerprint density at radius 1 is 1.27 bits per heavy atom. The molecule has 7 heteroatoms. The van der Waals surface area contributed by atoms with E-state index in [1.165, 1.54) is 0 Å². The van der Waals surface area contributed by atoms with E-state index in [-0.39, 0.29) is 0 Å². The van der Waals surface area contributed by atoms with Gasteiger partial charge in [-0.1, -0.05) is 29.8 Å². The Kier molecular flexibility index (Phi) is 6.06. The van der Waals surface area contributed by atoms with Gasteiger partial charge in [-0.25, -0.2) is 10.2 Å². The Labute approximate surface area is 141 Å². The van der Waals surface area contributed by atoms with Crippen molar-refractivity contribution in [3.63, 3.8) is 0 Å². The molecular formula is C15H14BrClN2O3. The molecule has 0 atom stereocenters. The quantitative estimate of drug-likeness (QED) is 0.634. The van der Waals surface area contributed by atoms with Crippen molar-refractivity contribution in [2.45, 2.75) is 6.54 Å². The highest BCUT2D eigenvalue weighted by atomic mass is 79.9. The minimum atomic E-state index is -1.04. The number of carboxylic acid groups (broad SMARTS) is 1. The second kappa shape index (κ2) is 8.03. The molecule has 0 bridgehead atoms. The molecule has 0 amide bonds. The third-order valence-corrected chi connectivity index (χ3v) is 3.52. The maximum atomic E-state index is 10.7. The first-order valence-corrected chi connectivity index (χ1v) is 7.60. The molecule has 22 heavy (non-hydrogen) atoms. The van der Waals surface area contributed by atoms with Crippen LogP contribution in [-0.2, 0) is 11.3 Å². The number of halogens is 2. The van der Waals surface area contributed by atoms with Crippen LogP contribution in [0.2, 0.25) is 5.02 Å². The topological polar surface area (TPSA) is 70.6 Å². The van der Waals surface area contributed by atoms with Gasteiger partial charge in [0.25, 0.3) is 0 Å². The summed E-state index contributed by atoms with van der Waals surface area (Å²) in [4.78, 5) is 10.7. The predicted octanol–water partition coefficient (Wildman–Crippen LogP) is 3.68. The number of aliphatic carboxylic acids is 1. The molecule has 0 fully saturated rings. The number of hydrogen-bond acceptors (Lipinski definition) is 4. The van der Waals surface area contributed by atoms with E-state index in [9.17, 15) is 4.79 Å². The van der Waals surface area contributed by atoms with Gasteiger partial charge in [0, 0.05) is 22.8 Å². The number of anilines is 1. The van der Waals surface area contributed by atoms with Crippen LogP contribution in [0.4, 0.5) is 5.69 Å². The normalized spacial score (nSPS) is 10.3. The van der Waals surface area contributed by atoms with Crippen LogP contribution in [0.25, 0.3) is 0 Å². The van der Waals surface area contributed by atoms with E-state index >= 15 is 0 Å². The van der Waals surface area contributed by atoms with Crippen molar-refractivity contribution in [1.82, 2.24) is 5.43 Å². The minimum Gasteiger partial charge on any atom is -0.480 e. The number of nitrogens with one attached hydrogen (secondary N) is 2. The molecular weight excluding hydrogens is 372 g/mol. The van der Waals surface area contributed by atoms with E-state index in [4.69, 9.17) is 21.4 Å². The van der Waals surface area contributed by atoms with E-state index in [2.05, 4.69) is 26.8 Å².